The van der Waals surface area contributed by atoms with Crippen LogP contribution in [0.4, 0.5) is 0 Å². The molecule has 0 aromatic carbocycles. The summed E-state index contributed by atoms with van der Waals surface area (Å²) in [5.41, 5.74) is 0. The Kier molecular flexibility index (Phi) is 21.6. The second kappa shape index (κ2) is 10.8. The molecule has 0 saturated heterocycles. The average Bonchev–Trinajstić information content (AvgIpc) is 1.76. The van der Waals surface area contributed by atoms with E-state index >= 15 is 0 Å². The summed E-state index contributed by atoms with van der Waals surface area (Å²) >= 11 is 0. The van der Waals surface area contributed by atoms with Gasteiger partial charge >= 0.3 is 0 Å². The molecule has 0 spiro atoms. The van der Waals surface area contributed by atoms with E-state index in [2.05, 4.69) is 24.3 Å². The van der Waals surface area contributed by atoms with Gasteiger partial charge < -0.3 is 0 Å². The fraction of sp³-hybridized carbons (Fsp3) is 0.200. The third kappa shape index (κ3) is 6.93. The summed E-state index contributed by atoms with van der Waals surface area (Å²) in [6.45, 7) is 0. The fourth-order valence-corrected chi connectivity index (χ4v) is 0.393. The molecular weight excluding hydrogens is 309 g/mol. The normalized spacial score (nSPS) is 11.0. The van der Waals surface area contributed by atoms with Crippen molar-refractivity contribution >= 4 is 24.8 Å². The van der Waals surface area contributed by atoms with Crippen LogP contribution in [0.5, 0.6) is 0 Å². The van der Waals surface area contributed by atoms with Crippen molar-refractivity contribution in [2.45, 2.75) is 6.42 Å². The van der Waals surface area contributed by atoms with Crippen LogP contribution in [0, 0.1) is 0 Å². The van der Waals surface area contributed by atoms with E-state index in [1.807, 2.05) is 0 Å². The minimum atomic E-state index is 0. The molecule has 0 atom stereocenters. The van der Waals surface area contributed by atoms with E-state index in [-0.39, 0.29) is 50.7 Å². The molecule has 0 aliphatic heterocycles. The molecule has 1 aliphatic carbocycles. The van der Waals surface area contributed by atoms with Crippen molar-refractivity contribution in [2.75, 3.05) is 0 Å². The standard InChI is InChI=1S/C5H6.2ClH.Hf/c1-2-4-5-3-1;;;/h1-4H,5H2;2*1H;. The average molecular weight is 318 g/mol. The summed E-state index contributed by atoms with van der Waals surface area (Å²) in [7, 11) is 0. The Hall–Kier alpha value is 0.930. The van der Waals surface area contributed by atoms with E-state index in [0.717, 1.165) is 6.42 Å². The molecule has 8 heavy (non-hydrogen) atoms. The molecule has 0 amide bonds. The van der Waals surface area contributed by atoms with E-state index in [1.165, 1.54) is 0 Å². The van der Waals surface area contributed by atoms with Crippen molar-refractivity contribution in [1.82, 2.24) is 0 Å². The largest absolute Gasteiger partial charge is 0.147 e. The molecule has 1 aliphatic rings. The monoisotopic (exact) mass is 318 g/mol. The van der Waals surface area contributed by atoms with Crippen LogP contribution < -0.4 is 0 Å². The van der Waals surface area contributed by atoms with Gasteiger partial charge in [0, 0.05) is 25.8 Å². The molecule has 0 aromatic heterocycles. The first kappa shape index (κ1) is 16.0. The van der Waals surface area contributed by atoms with Gasteiger partial charge in [-0.25, -0.2) is 0 Å². The van der Waals surface area contributed by atoms with Crippen LogP contribution in [0.15, 0.2) is 24.3 Å². The smallest absolute Gasteiger partial charge is 0 e. The van der Waals surface area contributed by atoms with E-state index in [4.69, 9.17) is 0 Å². The first-order valence-corrected chi connectivity index (χ1v) is 1.82. The summed E-state index contributed by atoms with van der Waals surface area (Å²) in [6.07, 6.45) is 9.50. The zero-order valence-corrected chi connectivity index (χ0v) is 9.56. The van der Waals surface area contributed by atoms with Gasteiger partial charge in [0.2, 0.25) is 0 Å². The number of allylic oxidation sites excluding steroid dienone is 4. The molecule has 0 unspecified atom stereocenters. The van der Waals surface area contributed by atoms with E-state index in [9.17, 15) is 0 Å². The minimum Gasteiger partial charge on any atom is -0.147 e. The van der Waals surface area contributed by atoms with Crippen molar-refractivity contribution in [2.24, 2.45) is 0 Å². The molecule has 0 bridgehead atoms. The zero-order chi connectivity index (χ0) is 3.54. The molecule has 0 nitrogen and oxygen atoms in total. The van der Waals surface area contributed by atoms with Crippen LogP contribution in [-0.4, -0.2) is 0 Å². The minimum absolute atomic E-state index is 0. The number of halogens is 2. The Morgan fingerprint density at radius 1 is 0.875 bits per heavy atom. The van der Waals surface area contributed by atoms with Gasteiger partial charge in [-0.2, -0.15) is 0 Å². The van der Waals surface area contributed by atoms with Gasteiger partial charge in [-0.05, 0) is 6.42 Å². The SMILES string of the molecule is C1=CCC=C1.Cl.Cl.[Hf]. The molecule has 0 radical (unpaired) electrons. The summed E-state index contributed by atoms with van der Waals surface area (Å²) in [5, 5.41) is 0. The van der Waals surface area contributed by atoms with E-state index < -0.39 is 0 Å². The second-order valence-corrected chi connectivity index (χ2v) is 1.09. The summed E-state index contributed by atoms with van der Waals surface area (Å²) in [4.78, 5) is 0. The molecule has 0 aromatic rings. The molecule has 46 valence electrons. The van der Waals surface area contributed by atoms with Crippen molar-refractivity contribution < 1.29 is 25.8 Å². The van der Waals surface area contributed by atoms with Crippen molar-refractivity contribution in [3.8, 4) is 0 Å². The first-order chi connectivity index (χ1) is 2.50. The Labute approximate surface area is 81.0 Å². The van der Waals surface area contributed by atoms with Gasteiger partial charge in [0.25, 0.3) is 0 Å². The molecular formula is C5H8Cl2Hf. The van der Waals surface area contributed by atoms with E-state index in [1.54, 1.807) is 0 Å². The molecule has 0 fully saturated rings. The quantitative estimate of drug-likeness (QED) is 0.602. The third-order valence-electron chi connectivity index (χ3n) is 0.655. The van der Waals surface area contributed by atoms with Crippen LogP contribution in [-0.2, 0) is 25.8 Å². The Bertz CT molecular complexity index is 68.5. The number of hydrogen-bond acceptors (Lipinski definition) is 0. The number of rotatable bonds is 0. The van der Waals surface area contributed by atoms with Gasteiger partial charge in [0.15, 0.2) is 0 Å². The molecule has 0 saturated carbocycles. The zero-order valence-electron chi connectivity index (χ0n) is 4.33. The second-order valence-electron chi connectivity index (χ2n) is 1.09. The van der Waals surface area contributed by atoms with Gasteiger partial charge in [-0.3, -0.25) is 0 Å². The molecule has 1 rings (SSSR count). The van der Waals surface area contributed by atoms with Crippen molar-refractivity contribution in [3.05, 3.63) is 24.3 Å². The van der Waals surface area contributed by atoms with Crippen LogP contribution in [0.1, 0.15) is 6.42 Å². The van der Waals surface area contributed by atoms with Crippen LogP contribution in [0.2, 0.25) is 0 Å². The third-order valence-corrected chi connectivity index (χ3v) is 0.655. The molecule has 0 N–H and O–H groups in total. The molecule has 3 heteroatoms. The van der Waals surface area contributed by atoms with Crippen molar-refractivity contribution in [1.29, 1.82) is 0 Å². The maximum absolute atomic E-state index is 2.12. The van der Waals surface area contributed by atoms with Gasteiger partial charge in [-0.1, -0.05) is 24.3 Å². The van der Waals surface area contributed by atoms with Crippen LogP contribution in [0.3, 0.4) is 0 Å². The molecule has 0 heterocycles. The fourth-order valence-electron chi connectivity index (χ4n) is 0.393. The predicted octanol–water partition coefficient (Wildman–Crippen LogP) is 2.34. The van der Waals surface area contributed by atoms with Gasteiger partial charge in [0.1, 0.15) is 0 Å². The summed E-state index contributed by atoms with van der Waals surface area (Å²) in [5.74, 6) is 0. The maximum Gasteiger partial charge on any atom is 0 e. The maximum atomic E-state index is 2.12. The Morgan fingerprint density at radius 3 is 1.38 bits per heavy atom. The van der Waals surface area contributed by atoms with E-state index in [0.29, 0.717) is 0 Å². The van der Waals surface area contributed by atoms with Crippen LogP contribution in [0.25, 0.3) is 0 Å². The van der Waals surface area contributed by atoms with Gasteiger partial charge in [-0.15, -0.1) is 24.8 Å². The van der Waals surface area contributed by atoms with Gasteiger partial charge in [0.05, 0.1) is 0 Å². The Balaban J connectivity index is -0.0000000833. The van der Waals surface area contributed by atoms with Crippen molar-refractivity contribution in [3.63, 3.8) is 0 Å². The van der Waals surface area contributed by atoms with Crippen LogP contribution >= 0.6 is 24.8 Å². The number of hydrogen-bond donors (Lipinski definition) is 0. The summed E-state index contributed by atoms with van der Waals surface area (Å²) in [6, 6.07) is 0. The first-order valence-electron chi connectivity index (χ1n) is 1.82. The predicted molar refractivity (Wildman–Crippen MR) is 37.4 cm³/mol. The topological polar surface area (TPSA) is 0 Å². The Morgan fingerprint density at radius 2 is 1.25 bits per heavy atom. The summed E-state index contributed by atoms with van der Waals surface area (Å²) < 4.78 is 0.